The van der Waals surface area contributed by atoms with Crippen LogP contribution in [0.1, 0.15) is 71.6 Å². The summed E-state index contributed by atoms with van der Waals surface area (Å²) in [5, 5.41) is 10.6. The van der Waals surface area contributed by atoms with Gasteiger partial charge in [-0.1, -0.05) is 58.3 Å². The first kappa shape index (κ1) is 16.1. The van der Waals surface area contributed by atoms with E-state index in [0.717, 1.165) is 19.3 Å². The van der Waals surface area contributed by atoms with Crippen LogP contribution in [-0.2, 0) is 9.59 Å². The number of unbranched alkanes of at least 4 members (excludes halogenated alkanes) is 7. The van der Waals surface area contributed by atoms with E-state index in [1.54, 1.807) is 0 Å². The van der Waals surface area contributed by atoms with Crippen molar-refractivity contribution in [2.24, 2.45) is 5.92 Å². The number of rotatable bonds is 11. The highest BCUT2D eigenvalue weighted by atomic mass is 16.4. The molecule has 0 saturated carbocycles. The molecule has 0 spiro atoms. The number of carboxylic acid groups (broad SMARTS) is 1. The Morgan fingerprint density at radius 3 is 1.82 bits per heavy atom. The Labute approximate surface area is 105 Å². The molecule has 1 atom stereocenters. The lowest BCUT2D eigenvalue weighted by Gasteiger charge is -2.14. The summed E-state index contributed by atoms with van der Waals surface area (Å²) in [6, 6.07) is 0. The molecule has 0 N–H and O–H groups in total. The predicted molar refractivity (Wildman–Crippen MR) is 66.4 cm³/mol. The van der Waals surface area contributed by atoms with Crippen molar-refractivity contribution < 1.29 is 14.7 Å². The molecule has 0 bridgehead atoms. The van der Waals surface area contributed by atoms with Crippen LogP contribution in [0.4, 0.5) is 0 Å². The number of aliphatic carboxylic acids is 1. The van der Waals surface area contributed by atoms with Crippen molar-refractivity contribution in [1.29, 1.82) is 0 Å². The second-order valence-corrected chi connectivity index (χ2v) is 4.75. The van der Waals surface area contributed by atoms with E-state index in [4.69, 9.17) is 0 Å². The number of ketones is 1. The van der Waals surface area contributed by atoms with Crippen LogP contribution in [0.5, 0.6) is 0 Å². The van der Waals surface area contributed by atoms with Crippen LogP contribution in [-0.4, -0.2) is 11.8 Å². The Hall–Kier alpha value is -0.860. The summed E-state index contributed by atoms with van der Waals surface area (Å²) < 4.78 is 0. The maximum absolute atomic E-state index is 11.0. The molecule has 0 aliphatic rings. The highest BCUT2D eigenvalue weighted by molar-refractivity contribution is 5.95. The Balaban J connectivity index is 3.43. The van der Waals surface area contributed by atoms with Gasteiger partial charge in [-0.25, -0.2) is 0 Å². The fraction of sp³-hybridized carbons (Fsp3) is 0.857. The summed E-state index contributed by atoms with van der Waals surface area (Å²) in [6.45, 7) is 3.52. The number of carbonyl (C=O) groups excluding carboxylic acids is 2. The van der Waals surface area contributed by atoms with E-state index in [0.29, 0.717) is 6.42 Å². The maximum atomic E-state index is 11.0. The van der Waals surface area contributed by atoms with Gasteiger partial charge in [0.25, 0.3) is 0 Å². The molecule has 0 amide bonds. The molecule has 100 valence electrons. The number of carboxylic acids is 1. The summed E-state index contributed by atoms with van der Waals surface area (Å²) in [5.41, 5.74) is 0. The van der Waals surface area contributed by atoms with Crippen molar-refractivity contribution in [2.75, 3.05) is 0 Å². The van der Waals surface area contributed by atoms with Crippen LogP contribution in [0, 0.1) is 5.92 Å². The SMILES string of the molecule is CCCCCCCCCCC(C(C)=O)C(=O)[O-]. The third kappa shape index (κ3) is 8.90. The predicted octanol–water partition coefficient (Wildman–Crippen LogP) is 2.47. The third-order valence-electron chi connectivity index (χ3n) is 3.12. The molecule has 0 aromatic rings. The first-order valence-electron chi connectivity index (χ1n) is 6.81. The van der Waals surface area contributed by atoms with Crippen molar-refractivity contribution in [3.8, 4) is 0 Å². The van der Waals surface area contributed by atoms with Gasteiger partial charge in [-0.2, -0.15) is 0 Å². The van der Waals surface area contributed by atoms with Gasteiger partial charge in [-0.05, 0) is 13.3 Å². The fourth-order valence-corrected chi connectivity index (χ4v) is 1.97. The minimum absolute atomic E-state index is 0.284. The number of Topliss-reactive ketones (excluding diaryl/α,β-unsaturated/α-hetero) is 1. The summed E-state index contributed by atoms with van der Waals surface area (Å²) in [6.07, 6.45) is 9.75. The average molecular weight is 241 g/mol. The van der Waals surface area contributed by atoms with E-state index < -0.39 is 11.9 Å². The van der Waals surface area contributed by atoms with Gasteiger partial charge in [0, 0.05) is 0 Å². The monoisotopic (exact) mass is 241 g/mol. The zero-order valence-electron chi connectivity index (χ0n) is 11.2. The number of carbonyl (C=O) groups is 2. The van der Waals surface area contributed by atoms with Crippen molar-refractivity contribution in [3.05, 3.63) is 0 Å². The van der Waals surface area contributed by atoms with Crippen LogP contribution in [0.25, 0.3) is 0 Å². The largest absolute Gasteiger partial charge is 0.549 e. The molecule has 17 heavy (non-hydrogen) atoms. The number of hydrogen-bond acceptors (Lipinski definition) is 3. The maximum Gasteiger partial charge on any atom is 0.138 e. The van der Waals surface area contributed by atoms with Crippen LogP contribution < -0.4 is 5.11 Å². The molecule has 0 aliphatic heterocycles. The van der Waals surface area contributed by atoms with E-state index in [-0.39, 0.29) is 5.78 Å². The summed E-state index contributed by atoms with van der Waals surface area (Å²) in [7, 11) is 0. The second-order valence-electron chi connectivity index (χ2n) is 4.75. The molecule has 3 nitrogen and oxygen atoms in total. The molecule has 0 aromatic carbocycles. The third-order valence-corrected chi connectivity index (χ3v) is 3.12. The smallest absolute Gasteiger partial charge is 0.138 e. The van der Waals surface area contributed by atoms with Crippen LogP contribution in [0.15, 0.2) is 0 Å². The molecule has 1 unspecified atom stereocenters. The van der Waals surface area contributed by atoms with Gasteiger partial charge >= 0.3 is 0 Å². The van der Waals surface area contributed by atoms with Gasteiger partial charge in [0.1, 0.15) is 5.78 Å². The van der Waals surface area contributed by atoms with E-state index in [1.165, 1.54) is 39.0 Å². The second kappa shape index (κ2) is 10.3. The van der Waals surface area contributed by atoms with Crippen LogP contribution >= 0.6 is 0 Å². The van der Waals surface area contributed by atoms with Crippen molar-refractivity contribution in [1.82, 2.24) is 0 Å². The van der Waals surface area contributed by atoms with E-state index in [2.05, 4.69) is 6.92 Å². The van der Waals surface area contributed by atoms with Gasteiger partial charge < -0.3 is 9.90 Å². The summed E-state index contributed by atoms with van der Waals surface area (Å²) in [5.74, 6) is -2.40. The molecule has 0 fully saturated rings. The summed E-state index contributed by atoms with van der Waals surface area (Å²) >= 11 is 0. The quantitative estimate of drug-likeness (QED) is 0.412. The Bertz CT molecular complexity index is 210. The lowest BCUT2D eigenvalue weighted by atomic mass is 9.97. The Kier molecular flexibility index (Phi) is 9.78. The molecular weight excluding hydrogens is 216 g/mol. The normalized spacial score (nSPS) is 12.4. The molecule has 0 aromatic heterocycles. The van der Waals surface area contributed by atoms with Crippen molar-refractivity contribution in [2.45, 2.75) is 71.6 Å². The van der Waals surface area contributed by atoms with Gasteiger partial charge in [-0.3, -0.25) is 4.79 Å². The fourth-order valence-electron chi connectivity index (χ4n) is 1.97. The number of hydrogen-bond donors (Lipinski definition) is 0. The Morgan fingerprint density at radius 2 is 1.41 bits per heavy atom. The highest BCUT2D eigenvalue weighted by Crippen LogP contribution is 2.13. The van der Waals surface area contributed by atoms with Gasteiger partial charge in [-0.15, -0.1) is 0 Å². The van der Waals surface area contributed by atoms with Gasteiger partial charge in [0.2, 0.25) is 0 Å². The minimum Gasteiger partial charge on any atom is -0.549 e. The molecule has 0 heterocycles. The van der Waals surface area contributed by atoms with Crippen LogP contribution in [0.3, 0.4) is 0 Å². The zero-order valence-corrected chi connectivity index (χ0v) is 11.2. The molecule has 0 radical (unpaired) electrons. The molecule has 0 aliphatic carbocycles. The van der Waals surface area contributed by atoms with E-state index in [1.807, 2.05) is 0 Å². The topological polar surface area (TPSA) is 57.2 Å². The van der Waals surface area contributed by atoms with Gasteiger partial charge in [0.15, 0.2) is 0 Å². The minimum atomic E-state index is -1.22. The van der Waals surface area contributed by atoms with Crippen molar-refractivity contribution in [3.63, 3.8) is 0 Å². The molecule has 3 heteroatoms. The lowest BCUT2D eigenvalue weighted by Crippen LogP contribution is -2.35. The van der Waals surface area contributed by atoms with E-state index >= 15 is 0 Å². The molecular formula is C14H25O3-. The molecule has 0 saturated heterocycles. The average Bonchev–Trinajstić information content (AvgIpc) is 2.26. The standard InChI is InChI=1S/C14H26O3/c1-3-4-5-6-7-8-9-10-11-13(12(2)15)14(16)17/h13H,3-11H2,1-2H3,(H,16,17)/p-1. The summed E-state index contributed by atoms with van der Waals surface area (Å²) in [4.78, 5) is 21.6. The first-order valence-corrected chi connectivity index (χ1v) is 6.81. The lowest BCUT2D eigenvalue weighted by molar-refractivity contribution is -0.310. The van der Waals surface area contributed by atoms with Crippen molar-refractivity contribution >= 4 is 11.8 Å². The highest BCUT2D eigenvalue weighted by Gasteiger charge is 2.14. The Morgan fingerprint density at radius 1 is 0.941 bits per heavy atom. The first-order chi connectivity index (χ1) is 8.09. The van der Waals surface area contributed by atoms with Gasteiger partial charge in [0.05, 0.1) is 11.9 Å². The van der Waals surface area contributed by atoms with Crippen LogP contribution in [0.2, 0.25) is 0 Å². The molecule has 0 rings (SSSR count). The zero-order chi connectivity index (χ0) is 13.1. The van der Waals surface area contributed by atoms with E-state index in [9.17, 15) is 14.7 Å².